The number of ether oxygens (including phenoxy) is 1. The fraction of sp³-hybridized carbons (Fsp3) is 0.588. The fourth-order valence-electron chi connectivity index (χ4n) is 2.90. The van der Waals surface area contributed by atoms with E-state index < -0.39 is 0 Å². The Morgan fingerprint density at radius 1 is 1.25 bits per heavy atom. The molecule has 2 nitrogen and oxygen atoms in total. The smallest absolute Gasteiger partial charge is 0.309 e. The van der Waals surface area contributed by atoms with Crippen molar-refractivity contribution in [2.45, 2.75) is 39.2 Å². The second-order valence-electron chi connectivity index (χ2n) is 5.84. The third-order valence-electron chi connectivity index (χ3n) is 4.38. The lowest BCUT2D eigenvalue weighted by molar-refractivity contribution is -0.151. The molecule has 1 aliphatic rings. The van der Waals surface area contributed by atoms with Crippen molar-refractivity contribution in [2.24, 2.45) is 17.8 Å². The van der Waals surface area contributed by atoms with Crippen molar-refractivity contribution in [3.8, 4) is 0 Å². The Labute approximate surface area is 120 Å². The minimum atomic E-state index is -0.256. The van der Waals surface area contributed by atoms with E-state index in [-0.39, 0.29) is 24.5 Å². The monoisotopic (exact) mass is 278 g/mol. The first-order chi connectivity index (χ1) is 9.70. The molecule has 0 bridgehead atoms. The SMILES string of the molecule is C[C@@H](CF)C1CCC(C(=O)OCc2ccccc2)CC1. The van der Waals surface area contributed by atoms with Crippen molar-refractivity contribution in [1.29, 1.82) is 0 Å². The Morgan fingerprint density at radius 3 is 2.50 bits per heavy atom. The maximum Gasteiger partial charge on any atom is 0.309 e. The van der Waals surface area contributed by atoms with Crippen molar-refractivity contribution < 1.29 is 13.9 Å². The van der Waals surface area contributed by atoms with Gasteiger partial charge >= 0.3 is 5.97 Å². The third-order valence-corrected chi connectivity index (χ3v) is 4.38. The summed E-state index contributed by atoms with van der Waals surface area (Å²) < 4.78 is 18.0. The third kappa shape index (κ3) is 4.06. The summed E-state index contributed by atoms with van der Waals surface area (Å²) >= 11 is 0. The number of alkyl halides is 1. The molecular formula is C17H23FO2. The Morgan fingerprint density at radius 2 is 1.90 bits per heavy atom. The molecule has 0 N–H and O–H groups in total. The summed E-state index contributed by atoms with van der Waals surface area (Å²) in [7, 11) is 0. The van der Waals surface area contributed by atoms with Crippen LogP contribution in [0.1, 0.15) is 38.2 Å². The highest BCUT2D eigenvalue weighted by atomic mass is 19.1. The van der Waals surface area contributed by atoms with E-state index in [0.717, 1.165) is 31.2 Å². The van der Waals surface area contributed by atoms with Gasteiger partial charge in [-0.05, 0) is 43.1 Å². The molecule has 0 amide bonds. The quantitative estimate of drug-likeness (QED) is 0.757. The summed E-state index contributed by atoms with van der Waals surface area (Å²) in [4.78, 5) is 12.0. The molecule has 1 atom stereocenters. The van der Waals surface area contributed by atoms with Crippen LogP contribution in [-0.2, 0) is 16.1 Å². The molecule has 2 rings (SSSR count). The van der Waals surface area contributed by atoms with Crippen molar-refractivity contribution >= 4 is 5.97 Å². The van der Waals surface area contributed by atoms with Crippen LogP contribution in [0, 0.1) is 17.8 Å². The zero-order valence-electron chi connectivity index (χ0n) is 12.1. The molecule has 1 fully saturated rings. The number of hydrogen-bond acceptors (Lipinski definition) is 2. The molecule has 1 aliphatic carbocycles. The lowest BCUT2D eigenvalue weighted by Crippen LogP contribution is -2.26. The van der Waals surface area contributed by atoms with Gasteiger partial charge in [0.25, 0.3) is 0 Å². The zero-order chi connectivity index (χ0) is 14.4. The van der Waals surface area contributed by atoms with Crippen LogP contribution in [0.3, 0.4) is 0 Å². The summed E-state index contributed by atoms with van der Waals surface area (Å²) in [5, 5.41) is 0. The van der Waals surface area contributed by atoms with Crippen LogP contribution in [0.5, 0.6) is 0 Å². The molecule has 1 aromatic rings. The van der Waals surface area contributed by atoms with Crippen molar-refractivity contribution in [3.05, 3.63) is 35.9 Å². The first-order valence-electron chi connectivity index (χ1n) is 7.47. The normalized spacial score (nSPS) is 24.1. The van der Waals surface area contributed by atoms with Gasteiger partial charge in [0.2, 0.25) is 0 Å². The minimum absolute atomic E-state index is 0.00164. The molecule has 20 heavy (non-hydrogen) atoms. The molecule has 0 unspecified atom stereocenters. The van der Waals surface area contributed by atoms with Crippen LogP contribution >= 0.6 is 0 Å². The molecular weight excluding hydrogens is 255 g/mol. The molecule has 0 heterocycles. The van der Waals surface area contributed by atoms with Crippen molar-refractivity contribution in [2.75, 3.05) is 6.67 Å². The summed E-state index contributed by atoms with van der Waals surface area (Å²) in [6, 6.07) is 9.72. The first-order valence-corrected chi connectivity index (χ1v) is 7.47. The number of hydrogen-bond donors (Lipinski definition) is 0. The Bertz CT molecular complexity index is 410. The number of carbonyl (C=O) groups excluding carboxylic acids is 1. The van der Waals surface area contributed by atoms with E-state index in [1.54, 1.807) is 0 Å². The predicted molar refractivity (Wildman–Crippen MR) is 76.8 cm³/mol. The lowest BCUT2D eigenvalue weighted by Gasteiger charge is -2.30. The van der Waals surface area contributed by atoms with Gasteiger partial charge in [-0.25, -0.2) is 0 Å². The second kappa shape index (κ2) is 7.41. The van der Waals surface area contributed by atoms with Gasteiger partial charge in [-0.2, -0.15) is 0 Å². The van der Waals surface area contributed by atoms with Gasteiger partial charge in [0, 0.05) is 0 Å². The van der Waals surface area contributed by atoms with Gasteiger partial charge in [-0.3, -0.25) is 9.18 Å². The number of carbonyl (C=O) groups is 1. The minimum Gasteiger partial charge on any atom is -0.461 e. The molecule has 1 saturated carbocycles. The second-order valence-corrected chi connectivity index (χ2v) is 5.84. The maximum absolute atomic E-state index is 12.6. The van der Waals surface area contributed by atoms with Gasteiger partial charge in [0.05, 0.1) is 12.6 Å². The van der Waals surface area contributed by atoms with Gasteiger partial charge in [-0.15, -0.1) is 0 Å². The number of halogens is 1. The van der Waals surface area contributed by atoms with Crippen LogP contribution in [0.15, 0.2) is 30.3 Å². The molecule has 0 aromatic heterocycles. The Kier molecular flexibility index (Phi) is 5.57. The van der Waals surface area contributed by atoms with E-state index >= 15 is 0 Å². The molecule has 0 spiro atoms. The van der Waals surface area contributed by atoms with E-state index in [1.165, 1.54) is 0 Å². The van der Waals surface area contributed by atoms with Crippen LogP contribution in [0.25, 0.3) is 0 Å². The lowest BCUT2D eigenvalue weighted by atomic mass is 9.77. The summed E-state index contributed by atoms with van der Waals surface area (Å²) in [5.74, 6) is 0.455. The van der Waals surface area contributed by atoms with Crippen molar-refractivity contribution in [1.82, 2.24) is 0 Å². The van der Waals surface area contributed by atoms with E-state index in [2.05, 4.69) is 0 Å². The van der Waals surface area contributed by atoms with E-state index in [9.17, 15) is 9.18 Å². The van der Waals surface area contributed by atoms with Gasteiger partial charge in [0.15, 0.2) is 0 Å². The molecule has 1 aromatic carbocycles. The standard InChI is InChI=1S/C17H23FO2/c1-13(11-18)15-7-9-16(10-8-15)17(19)20-12-14-5-3-2-4-6-14/h2-6,13,15-16H,7-12H2,1H3/t13-,15?,16?/m0/s1. The zero-order valence-corrected chi connectivity index (χ0v) is 12.1. The van der Waals surface area contributed by atoms with Crippen LogP contribution < -0.4 is 0 Å². The average molecular weight is 278 g/mol. The Balaban J connectivity index is 1.75. The summed E-state index contributed by atoms with van der Waals surface area (Å²) in [5.41, 5.74) is 1.01. The molecule has 0 aliphatic heterocycles. The molecule has 0 radical (unpaired) electrons. The highest BCUT2D eigenvalue weighted by Gasteiger charge is 2.29. The molecule has 0 saturated heterocycles. The van der Waals surface area contributed by atoms with Crippen LogP contribution in [0.4, 0.5) is 4.39 Å². The van der Waals surface area contributed by atoms with Crippen LogP contribution in [-0.4, -0.2) is 12.6 Å². The van der Waals surface area contributed by atoms with Gasteiger partial charge in [0.1, 0.15) is 6.61 Å². The summed E-state index contributed by atoms with van der Waals surface area (Å²) in [6.45, 7) is 2.05. The van der Waals surface area contributed by atoms with Gasteiger partial charge < -0.3 is 4.74 Å². The number of rotatable bonds is 5. The highest BCUT2D eigenvalue weighted by Crippen LogP contribution is 2.34. The Hall–Kier alpha value is -1.38. The largest absolute Gasteiger partial charge is 0.461 e. The van der Waals surface area contributed by atoms with E-state index in [1.807, 2.05) is 37.3 Å². The van der Waals surface area contributed by atoms with Gasteiger partial charge in [-0.1, -0.05) is 37.3 Å². The predicted octanol–water partition coefficient (Wildman–Crippen LogP) is 4.14. The average Bonchev–Trinajstić information content (AvgIpc) is 2.53. The number of benzene rings is 1. The molecule has 110 valence electrons. The summed E-state index contributed by atoms with van der Waals surface area (Å²) in [6.07, 6.45) is 3.55. The maximum atomic E-state index is 12.6. The van der Waals surface area contributed by atoms with E-state index in [0.29, 0.717) is 12.5 Å². The molecule has 3 heteroatoms. The highest BCUT2D eigenvalue weighted by molar-refractivity contribution is 5.72. The van der Waals surface area contributed by atoms with Crippen LogP contribution in [0.2, 0.25) is 0 Å². The topological polar surface area (TPSA) is 26.3 Å². The van der Waals surface area contributed by atoms with Crippen molar-refractivity contribution in [3.63, 3.8) is 0 Å². The fourth-order valence-corrected chi connectivity index (χ4v) is 2.90. The van der Waals surface area contributed by atoms with E-state index in [4.69, 9.17) is 4.74 Å². The first kappa shape index (κ1) is 15.0. The number of esters is 1.